The van der Waals surface area contributed by atoms with Crippen LogP contribution < -0.4 is 16.0 Å². The molecule has 3 aliphatic rings. The number of alkyl carbamates (subject to hydrolysis) is 1. The van der Waals surface area contributed by atoms with E-state index < -0.39 is 78.0 Å². The van der Waals surface area contributed by atoms with Gasteiger partial charge in [0, 0.05) is 25.9 Å². The highest BCUT2D eigenvalue weighted by Crippen LogP contribution is 2.65. The minimum Gasteiger partial charge on any atom is -0.444 e. The molecule has 3 unspecified atom stereocenters. The van der Waals surface area contributed by atoms with E-state index in [1.807, 2.05) is 44.2 Å². The van der Waals surface area contributed by atoms with E-state index in [0.717, 1.165) is 5.56 Å². The van der Waals surface area contributed by atoms with Crippen molar-refractivity contribution in [2.24, 2.45) is 23.2 Å². The zero-order valence-corrected chi connectivity index (χ0v) is 27.9. The van der Waals surface area contributed by atoms with Crippen molar-refractivity contribution in [3.05, 3.63) is 48.6 Å². The second kappa shape index (κ2) is 14.1. The third kappa shape index (κ3) is 8.75. The number of halogens is 2. The smallest absolute Gasteiger partial charge is 0.408 e. The monoisotopic (exact) mass is 658 g/mol. The van der Waals surface area contributed by atoms with Gasteiger partial charge in [-0.15, -0.1) is 6.58 Å². The standard InChI is InChI=1S/C35H48F2N4O6/c1-7-19-38-30(44)28(42)24(14-13-21-11-9-8-10-12-21)39-29(43)27-25-23(34(25,5)6)20-41(27)31(45)26(40-32(46)47-33(2,3)4)22-15-17-35(36,37)18-16-22/h7-12,22-27H,1,13-20H2,2-6H3,(H,38,44)(H,39,43)(H,40,46)/t23-,24?,25-,26?,27?/m1/s1. The molecule has 1 saturated heterocycles. The molecule has 2 aliphatic carbocycles. The first-order valence-corrected chi connectivity index (χ1v) is 16.4. The van der Waals surface area contributed by atoms with Crippen molar-refractivity contribution in [2.45, 2.75) is 103 Å². The van der Waals surface area contributed by atoms with Gasteiger partial charge in [0.25, 0.3) is 5.91 Å². The molecule has 1 aromatic rings. The van der Waals surface area contributed by atoms with Crippen LogP contribution in [-0.4, -0.2) is 77.2 Å². The number of rotatable bonds is 12. The number of Topliss-reactive ketones (excluding diaryl/α,β-unsaturated/α-hetero) is 1. The number of nitrogens with one attached hydrogen (secondary N) is 3. The van der Waals surface area contributed by atoms with Gasteiger partial charge in [-0.05, 0) is 75.2 Å². The van der Waals surface area contributed by atoms with Crippen LogP contribution in [0.4, 0.5) is 13.6 Å². The Balaban J connectivity index is 1.58. The van der Waals surface area contributed by atoms with Crippen molar-refractivity contribution >= 4 is 29.6 Å². The Morgan fingerprint density at radius 1 is 1.06 bits per heavy atom. The van der Waals surface area contributed by atoms with E-state index in [0.29, 0.717) is 6.42 Å². The summed E-state index contributed by atoms with van der Waals surface area (Å²) in [5.41, 5.74) is -0.218. The molecule has 4 rings (SSSR count). The first-order chi connectivity index (χ1) is 21.9. The minimum atomic E-state index is -2.85. The summed E-state index contributed by atoms with van der Waals surface area (Å²) in [7, 11) is 0. The molecule has 1 aromatic carbocycles. The molecule has 258 valence electrons. The molecule has 0 radical (unpaired) electrons. The van der Waals surface area contributed by atoms with Gasteiger partial charge in [-0.3, -0.25) is 19.2 Å². The summed E-state index contributed by atoms with van der Waals surface area (Å²) in [6.45, 7) is 12.9. The van der Waals surface area contributed by atoms with Crippen LogP contribution in [0.3, 0.4) is 0 Å². The number of ketones is 1. The van der Waals surface area contributed by atoms with E-state index in [-0.39, 0.29) is 49.6 Å². The Labute approximate surface area is 275 Å². The number of hydrogen-bond acceptors (Lipinski definition) is 6. The summed E-state index contributed by atoms with van der Waals surface area (Å²) < 4.78 is 33.6. The zero-order chi connectivity index (χ0) is 34.7. The van der Waals surface area contributed by atoms with Gasteiger partial charge in [-0.25, -0.2) is 13.6 Å². The van der Waals surface area contributed by atoms with Crippen LogP contribution >= 0.6 is 0 Å². The molecule has 5 atom stereocenters. The number of piperidine rings is 1. The maximum absolute atomic E-state index is 14.3. The van der Waals surface area contributed by atoms with Crippen LogP contribution in [-0.2, 0) is 30.3 Å². The molecule has 4 amide bonds. The number of fused-ring (bicyclic) bond motifs is 1. The molecule has 3 fully saturated rings. The molecule has 10 nitrogen and oxygen atoms in total. The number of aryl methyl sites for hydroxylation is 1. The fourth-order valence-corrected chi connectivity index (χ4v) is 7.10. The Hall–Kier alpha value is -3.83. The number of nitrogens with zero attached hydrogens (tertiary/aromatic N) is 1. The Morgan fingerprint density at radius 2 is 1.70 bits per heavy atom. The molecule has 0 bridgehead atoms. The third-order valence-electron chi connectivity index (χ3n) is 9.76. The van der Waals surface area contributed by atoms with Gasteiger partial charge in [-0.1, -0.05) is 50.3 Å². The Bertz CT molecular complexity index is 1350. The first kappa shape index (κ1) is 36.0. The highest BCUT2D eigenvalue weighted by molar-refractivity contribution is 6.38. The topological polar surface area (TPSA) is 134 Å². The summed E-state index contributed by atoms with van der Waals surface area (Å²) in [6, 6.07) is 6.00. The molecule has 12 heteroatoms. The van der Waals surface area contributed by atoms with E-state index in [1.54, 1.807) is 20.8 Å². The van der Waals surface area contributed by atoms with Gasteiger partial charge in [-0.2, -0.15) is 0 Å². The molecular formula is C35H48F2N4O6. The zero-order valence-electron chi connectivity index (χ0n) is 27.9. The molecule has 2 saturated carbocycles. The van der Waals surface area contributed by atoms with Crippen molar-refractivity contribution in [2.75, 3.05) is 13.1 Å². The van der Waals surface area contributed by atoms with Crippen LogP contribution in [0.1, 0.15) is 72.3 Å². The predicted molar refractivity (Wildman–Crippen MR) is 171 cm³/mol. The molecule has 1 aliphatic heterocycles. The van der Waals surface area contributed by atoms with Crippen LogP contribution in [0.25, 0.3) is 0 Å². The third-order valence-corrected chi connectivity index (χ3v) is 9.76. The van der Waals surface area contributed by atoms with Crippen molar-refractivity contribution in [1.29, 1.82) is 0 Å². The average Bonchev–Trinajstić information content (AvgIpc) is 3.31. The highest BCUT2D eigenvalue weighted by Gasteiger charge is 2.70. The number of benzene rings is 1. The van der Waals surface area contributed by atoms with Gasteiger partial charge < -0.3 is 25.6 Å². The van der Waals surface area contributed by atoms with E-state index >= 15 is 0 Å². The molecule has 47 heavy (non-hydrogen) atoms. The van der Waals surface area contributed by atoms with Gasteiger partial charge in [0.2, 0.25) is 23.5 Å². The Morgan fingerprint density at radius 3 is 2.30 bits per heavy atom. The van der Waals surface area contributed by atoms with Crippen LogP contribution in [0.5, 0.6) is 0 Å². The largest absolute Gasteiger partial charge is 0.444 e. The summed E-state index contributed by atoms with van der Waals surface area (Å²) in [6.07, 6.45) is 0.331. The van der Waals surface area contributed by atoms with Crippen molar-refractivity contribution < 1.29 is 37.5 Å². The van der Waals surface area contributed by atoms with Gasteiger partial charge >= 0.3 is 6.09 Å². The summed E-state index contributed by atoms with van der Waals surface area (Å²) in [5, 5.41) is 7.91. The van der Waals surface area contributed by atoms with Crippen LogP contribution in [0.15, 0.2) is 43.0 Å². The lowest BCUT2D eigenvalue weighted by Crippen LogP contribution is -2.60. The Kier molecular flexibility index (Phi) is 10.8. The fourth-order valence-electron chi connectivity index (χ4n) is 7.10. The second-order valence-corrected chi connectivity index (χ2v) is 14.7. The quantitative estimate of drug-likeness (QED) is 0.228. The van der Waals surface area contributed by atoms with Crippen molar-refractivity contribution in [3.8, 4) is 0 Å². The van der Waals surface area contributed by atoms with E-state index in [2.05, 4.69) is 22.5 Å². The highest BCUT2D eigenvalue weighted by atomic mass is 19.3. The molecule has 3 N–H and O–H groups in total. The maximum Gasteiger partial charge on any atom is 0.408 e. The van der Waals surface area contributed by atoms with Crippen LogP contribution in [0.2, 0.25) is 0 Å². The predicted octanol–water partition coefficient (Wildman–Crippen LogP) is 4.18. The average molecular weight is 659 g/mol. The summed E-state index contributed by atoms with van der Waals surface area (Å²) >= 11 is 0. The van der Waals surface area contributed by atoms with E-state index in [9.17, 15) is 32.8 Å². The number of carbonyl (C=O) groups is 5. The number of hydrogen-bond donors (Lipinski definition) is 3. The van der Waals surface area contributed by atoms with Crippen molar-refractivity contribution in [1.82, 2.24) is 20.9 Å². The van der Waals surface area contributed by atoms with E-state index in [1.165, 1.54) is 11.0 Å². The first-order valence-electron chi connectivity index (χ1n) is 16.4. The number of alkyl halides is 2. The van der Waals surface area contributed by atoms with Gasteiger partial charge in [0.1, 0.15) is 17.7 Å². The van der Waals surface area contributed by atoms with E-state index in [4.69, 9.17) is 4.74 Å². The second-order valence-electron chi connectivity index (χ2n) is 14.7. The maximum atomic E-state index is 14.3. The molecule has 0 spiro atoms. The fraction of sp³-hybridized carbons (Fsp3) is 0.629. The van der Waals surface area contributed by atoms with Crippen LogP contribution in [0, 0.1) is 23.2 Å². The number of amides is 4. The van der Waals surface area contributed by atoms with Gasteiger partial charge in [0.15, 0.2) is 0 Å². The lowest BCUT2D eigenvalue weighted by molar-refractivity contribution is -0.145. The summed E-state index contributed by atoms with van der Waals surface area (Å²) in [4.78, 5) is 68.7. The molecular weight excluding hydrogens is 610 g/mol. The number of carbonyl (C=O) groups excluding carboxylic acids is 5. The normalized spacial score (nSPS) is 24.2. The number of ether oxygens (including phenoxy) is 1. The van der Waals surface area contributed by atoms with Gasteiger partial charge in [0.05, 0.1) is 6.04 Å². The summed E-state index contributed by atoms with van der Waals surface area (Å²) in [5.74, 6) is -6.49. The van der Waals surface area contributed by atoms with Crippen molar-refractivity contribution in [3.63, 3.8) is 0 Å². The SMILES string of the molecule is C=CCNC(=O)C(=O)C(CCc1ccccc1)NC(=O)C1[C@H]2[C@@H](CN1C(=O)C(NC(=O)OC(C)(C)C)C1CCC(F)(F)CC1)C2(C)C. The molecule has 1 heterocycles. The lowest BCUT2D eigenvalue weighted by Gasteiger charge is -2.38. The number of likely N-dealkylation sites (tertiary alicyclic amines) is 1. The molecule has 0 aromatic heterocycles. The minimum absolute atomic E-state index is 0.0120. The lowest BCUT2D eigenvalue weighted by atomic mass is 9.81.